The third-order valence-corrected chi connectivity index (χ3v) is 4.85. The van der Waals surface area contributed by atoms with Crippen LogP contribution in [-0.4, -0.2) is 43.3 Å². The Balaban J connectivity index is 1.76. The van der Waals surface area contributed by atoms with E-state index in [1.165, 1.54) is 7.05 Å². The summed E-state index contributed by atoms with van der Waals surface area (Å²) in [5.74, 6) is -0.772. The fourth-order valence-electron chi connectivity index (χ4n) is 3.20. The fourth-order valence-corrected chi connectivity index (χ4v) is 3.20. The van der Waals surface area contributed by atoms with Gasteiger partial charge in [0.2, 0.25) is 0 Å². The van der Waals surface area contributed by atoms with Crippen LogP contribution in [0, 0.1) is 24.0 Å². The van der Waals surface area contributed by atoms with Crippen LogP contribution in [0.15, 0.2) is 30.5 Å². The zero-order valence-electron chi connectivity index (χ0n) is 17.7. The summed E-state index contributed by atoms with van der Waals surface area (Å²) in [6.45, 7) is 6.02. The van der Waals surface area contributed by atoms with E-state index >= 15 is 0 Å². The van der Waals surface area contributed by atoms with Crippen LogP contribution in [0.1, 0.15) is 44.7 Å². The van der Waals surface area contributed by atoms with Crippen LogP contribution in [0.4, 0.5) is 11.4 Å². The fraction of sp³-hybridized carbons (Fsp3) is 0.300. The van der Waals surface area contributed by atoms with Crippen LogP contribution in [0.2, 0.25) is 0 Å². The van der Waals surface area contributed by atoms with Crippen molar-refractivity contribution in [1.29, 1.82) is 0 Å². The summed E-state index contributed by atoms with van der Waals surface area (Å²) in [4.78, 5) is 35.4. The molecule has 0 saturated heterocycles. The van der Waals surface area contributed by atoms with Gasteiger partial charge in [-0.2, -0.15) is 10.2 Å². The lowest BCUT2D eigenvalue weighted by Gasteiger charge is -2.07. The Morgan fingerprint density at radius 1 is 1.13 bits per heavy atom. The average Bonchev–Trinajstić information content (AvgIpc) is 3.27. The van der Waals surface area contributed by atoms with Gasteiger partial charge >= 0.3 is 5.69 Å². The van der Waals surface area contributed by atoms with Gasteiger partial charge in [-0.25, -0.2) is 0 Å². The molecule has 0 unspecified atom stereocenters. The molecule has 0 aliphatic carbocycles. The number of carbonyl (C=O) groups excluding carboxylic acids is 2. The number of aromatic nitrogens is 4. The molecule has 0 atom stereocenters. The van der Waals surface area contributed by atoms with Crippen molar-refractivity contribution in [2.45, 2.75) is 33.9 Å². The van der Waals surface area contributed by atoms with Gasteiger partial charge in [-0.05, 0) is 38.5 Å². The van der Waals surface area contributed by atoms with Gasteiger partial charge in [0.05, 0.1) is 17.2 Å². The van der Waals surface area contributed by atoms with Crippen molar-refractivity contribution >= 4 is 23.2 Å². The number of rotatable bonds is 7. The molecule has 0 aliphatic heterocycles. The number of hydrogen-bond acceptors (Lipinski definition) is 6. The summed E-state index contributed by atoms with van der Waals surface area (Å²) in [5.41, 5.74) is 2.54. The zero-order valence-corrected chi connectivity index (χ0v) is 17.7. The quantitative estimate of drug-likeness (QED) is 0.440. The highest BCUT2D eigenvalue weighted by Gasteiger charge is 2.22. The van der Waals surface area contributed by atoms with Gasteiger partial charge in [0.1, 0.15) is 11.4 Å². The van der Waals surface area contributed by atoms with E-state index in [0.29, 0.717) is 35.7 Å². The van der Waals surface area contributed by atoms with Gasteiger partial charge in [0, 0.05) is 25.4 Å². The monoisotopic (exact) mass is 425 g/mol. The highest BCUT2D eigenvalue weighted by molar-refractivity contribution is 6.08. The van der Waals surface area contributed by atoms with Crippen LogP contribution >= 0.6 is 0 Å². The molecule has 0 fully saturated rings. The van der Waals surface area contributed by atoms with Gasteiger partial charge in [-0.3, -0.25) is 29.1 Å². The maximum absolute atomic E-state index is 12.6. The van der Waals surface area contributed by atoms with Gasteiger partial charge < -0.3 is 10.6 Å². The summed E-state index contributed by atoms with van der Waals surface area (Å²) in [5, 5.41) is 24.8. The lowest BCUT2D eigenvalue weighted by Crippen LogP contribution is -2.21. The molecule has 0 aliphatic rings. The lowest BCUT2D eigenvalue weighted by atomic mass is 10.1. The number of aryl methyl sites for hydroxylation is 2. The predicted molar refractivity (Wildman–Crippen MR) is 113 cm³/mol. The van der Waals surface area contributed by atoms with Crippen LogP contribution in [0.3, 0.4) is 0 Å². The molecule has 3 rings (SSSR count). The number of nitro groups is 1. The number of nitrogens with zero attached hydrogens (tertiary/aromatic N) is 5. The van der Waals surface area contributed by atoms with E-state index in [-0.39, 0.29) is 17.3 Å². The number of hydrogen-bond donors (Lipinski definition) is 2. The smallest absolute Gasteiger partial charge is 0.312 e. The van der Waals surface area contributed by atoms with E-state index in [4.69, 9.17) is 0 Å². The molecular formula is C20H23N7O4. The number of benzene rings is 1. The van der Waals surface area contributed by atoms with E-state index in [2.05, 4.69) is 20.8 Å². The topological polar surface area (TPSA) is 137 Å². The number of nitrogens with one attached hydrogen (secondary N) is 2. The molecule has 0 saturated carbocycles. The first-order chi connectivity index (χ1) is 14.7. The Morgan fingerprint density at radius 2 is 1.81 bits per heavy atom. The molecule has 162 valence electrons. The highest BCUT2D eigenvalue weighted by atomic mass is 16.6. The zero-order chi connectivity index (χ0) is 22.7. The maximum atomic E-state index is 12.6. The molecule has 3 aromatic rings. The molecule has 11 nitrogen and oxygen atoms in total. The summed E-state index contributed by atoms with van der Waals surface area (Å²) in [6.07, 6.45) is 1.60. The van der Waals surface area contributed by atoms with Crippen molar-refractivity contribution in [3.05, 3.63) is 68.8 Å². The van der Waals surface area contributed by atoms with Gasteiger partial charge in [-0.15, -0.1) is 0 Å². The van der Waals surface area contributed by atoms with Crippen LogP contribution < -0.4 is 10.6 Å². The number of anilines is 1. The van der Waals surface area contributed by atoms with Crippen molar-refractivity contribution in [3.8, 4) is 0 Å². The molecule has 2 aromatic heterocycles. The third-order valence-electron chi connectivity index (χ3n) is 4.85. The van der Waals surface area contributed by atoms with Crippen molar-refractivity contribution in [2.75, 3.05) is 12.4 Å². The molecule has 0 spiro atoms. The Morgan fingerprint density at radius 3 is 2.35 bits per heavy atom. The molecule has 2 N–H and O–H groups in total. The number of carbonyl (C=O) groups is 2. The normalized spacial score (nSPS) is 10.7. The van der Waals surface area contributed by atoms with Crippen molar-refractivity contribution in [3.63, 3.8) is 0 Å². The Kier molecular flexibility index (Phi) is 6.14. The largest absolute Gasteiger partial charge is 0.354 e. The third kappa shape index (κ3) is 4.44. The van der Waals surface area contributed by atoms with E-state index in [1.807, 2.05) is 6.92 Å². The van der Waals surface area contributed by atoms with Crippen molar-refractivity contribution in [2.24, 2.45) is 0 Å². The Hall–Kier alpha value is -4.02. The lowest BCUT2D eigenvalue weighted by molar-refractivity contribution is -0.386. The second-order valence-corrected chi connectivity index (χ2v) is 6.91. The maximum Gasteiger partial charge on any atom is 0.312 e. The van der Waals surface area contributed by atoms with Crippen molar-refractivity contribution in [1.82, 2.24) is 24.9 Å². The van der Waals surface area contributed by atoms with Crippen LogP contribution in [0.5, 0.6) is 0 Å². The molecule has 0 radical (unpaired) electrons. The summed E-state index contributed by atoms with van der Waals surface area (Å²) in [7, 11) is 1.50. The van der Waals surface area contributed by atoms with Gasteiger partial charge in [-0.1, -0.05) is 12.1 Å². The van der Waals surface area contributed by atoms with E-state index in [1.54, 1.807) is 53.7 Å². The van der Waals surface area contributed by atoms with E-state index in [9.17, 15) is 19.7 Å². The summed E-state index contributed by atoms with van der Waals surface area (Å²) < 4.78 is 3.13. The van der Waals surface area contributed by atoms with E-state index < -0.39 is 10.8 Å². The van der Waals surface area contributed by atoms with Crippen molar-refractivity contribution < 1.29 is 14.5 Å². The minimum Gasteiger partial charge on any atom is -0.354 e. The molecule has 31 heavy (non-hydrogen) atoms. The molecule has 2 amide bonds. The minimum absolute atomic E-state index is 0.00976. The van der Waals surface area contributed by atoms with Crippen LogP contribution in [-0.2, 0) is 13.1 Å². The van der Waals surface area contributed by atoms with Crippen LogP contribution in [0.25, 0.3) is 0 Å². The molecule has 2 heterocycles. The minimum atomic E-state index is -0.435. The highest BCUT2D eigenvalue weighted by Crippen LogP contribution is 2.23. The molecule has 1 aromatic carbocycles. The molecule has 0 bridgehead atoms. The first-order valence-corrected chi connectivity index (χ1v) is 9.63. The Bertz CT molecular complexity index is 1150. The second kappa shape index (κ2) is 8.78. The predicted octanol–water partition coefficient (Wildman–Crippen LogP) is 2.28. The Labute approximate surface area is 178 Å². The average molecular weight is 425 g/mol. The van der Waals surface area contributed by atoms with Gasteiger partial charge in [0.15, 0.2) is 5.69 Å². The van der Waals surface area contributed by atoms with Gasteiger partial charge in [0.25, 0.3) is 11.8 Å². The summed E-state index contributed by atoms with van der Waals surface area (Å²) >= 11 is 0. The second-order valence-electron chi connectivity index (χ2n) is 6.91. The standard InChI is InChI=1S/C20H23N7O4/c1-5-25-11-16(17(24-25)20(29)21-4)22-19(28)15-8-6-14(7-9-15)10-26-13(3)18(27(30)31)12(2)23-26/h6-9,11H,5,10H2,1-4H3,(H,21,29)(H,22,28). The summed E-state index contributed by atoms with van der Waals surface area (Å²) in [6, 6.07) is 6.81. The first-order valence-electron chi connectivity index (χ1n) is 9.63. The molecule has 11 heteroatoms. The molecular weight excluding hydrogens is 402 g/mol. The van der Waals surface area contributed by atoms with E-state index in [0.717, 1.165) is 5.56 Å². The number of amides is 2. The SMILES string of the molecule is CCn1cc(NC(=O)c2ccc(Cn3nc(C)c([N+](=O)[O-])c3C)cc2)c(C(=O)NC)n1. The first kappa shape index (κ1) is 21.7.